The van der Waals surface area contributed by atoms with Crippen molar-refractivity contribution >= 4 is 33.4 Å². The monoisotopic (exact) mass is 378 g/mol. The molecule has 3 atom stereocenters. The molecule has 3 rings (SSSR count). The third-order valence-electron chi connectivity index (χ3n) is 5.27. The number of amides is 2. The van der Waals surface area contributed by atoms with Gasteiger partial charge in [-0.2, -0.15) is 0 Å². The number of rotatable bonds is 4. The number of halogens is 1. The quantitative estimate of drug-likeness (QED) is 0.869. The number of carbonyl (C=O) groups excluding carboxylic acids is 2. The number of hydrogen-bond acceptors (Lipinski definition) is 2. The molecule has 0 aromatic heterocycles. The molecule has 124 valence electrons. The molecule has 2 aliphatic rings. The van der Waals surface area contributed by atoms with Gasteiger partial charge in [0.15, 0.2) is 0 Å². The van der Waals surface area contributed by atoms with Crippen LogP contribution in [0.3, 0.4) is 0 Å². The number of hydrogen-bond donors (Lipinski definition) is 1. The van der Waals surface area contributed by atoms with Gasteiger partial charge in [0.2, 0.25) is 11.8 Å². The smallest absolute Gasteiger partial charge is 0.243 e. The van der Waals surface area contributed by atoms with E-state index >= 15 is 0 Å². The normalized spacial score (nSPS) is 25.4. The number of anilines is 1. The molecule has 1 N–H and O–H groups in total. The van der Waals surface area contributed by atoms with E-state index in [-0.39, 0.29) is 24.3 Å². The molecule has 1 aromatic rings. The predicted octanol–water partition coefficient (Wildman–Crippen LogP) is 3.59. The Bertz CT molecular complexity index is 631. The van der Waals surface area contributed by atoms with E-state index in [1.807, 2.05) is 25.1 Å². The average Bonchev–Trinajstić information content (AvgIpc) is 3.12. The zero-order chi connectivity index (χ0) is 16.6. The lowest BCUT2D eigenvalue weighted by Gasteiger charge is -2.26. The zero-order valence-electron chi connectivity index (χ0n) is 13.6. The van der Waals surface area contributed by atoms with Gasteiger partial charge < -0.3 is 10.2 Å². The number of likely N-dealkylation sites (N-methyl/N-ethyl adjacent to an activating group) is 1. The zero-order valence-corrected chi connectivity index (χ0v) is 15.2. The Morgan fingerprint density at radius 3 is 2.70 bits per heavy atom. The van der Waals surface area contributed by atoms with Crippen molar-refractivity contribution in [3.8, 4) is 0 Å². The van der Waals surface area contributed by atoms with E-state index < -0.39 is 0 Å². The summed E-state index contributed by atoms with van der Waals surface area (Å²) in [5, 5.41) is 2.89. The summed E-state index contributed by atoms with van der Waals surface area (Å²) < 4.78 is 0.983. The van der Waals surface area contributed by atoms with Crippen LogP contribution in [0.4, 0.5) is 5.69 Å². The molecule has 2 bridgehead atoms. The van der Waals surface area contributed by atoms with Gasteiger partial charge in [0, 0.05) is 23.1 Å². The van der Waals surface area contributed by atoms with Crippen molar-refractivity contribution in [2.45, 2.75) is 32.6 Å². The average molecular weight is 379 g/mol. The molecule has 2 amide bonds. The van der Waals surface area contributed by atoms with E-state index in [2.05, 4.69) is 21.2 Å². The SMILES string of the molecule is Cc1cc(Br)ccc1NC(=O)CN(C)C(=O)C1CC2CCC1C2. The van der Waals surface area contributed by atoms with Crippen LogP contribution in [-0.4, -0.2) is 30.3 Å². The number of carbonyl (C=O) groups is 2. The van der Waals surface area contributed by atoms with Crippen molar-refractivity contribution in [3.63, 3.8) is 0 Å². The second-order valence-corrected chi connectivity index (χ2v) is 7.90. The summed E-state index contributed by atoms with van der Waals surface area (Å²) in [6.45, 7) is 2.06. The van der Waals surface area contributed by atoms with Crippen LogP contribution in [0.5, 0.6) is 0 Å². The molecular formula is C18H23BrN2O2. The molecule has 1 aromatic carbocycles. The largest absolute Gasteiger partial charge is 0.336 e. The standard InChI is InChI=1S/C18H23BrN2O2/c1-11-7-14(19)5-6-16(11)20-17(22)10-21(2)18(23)15-9-12-3-4-13(15)8-12/h5-7,12-13,15H,3-4,8-10H2,1-2H3,(H,20,22). The fourth-order valence-corrected chi connectivity index (χ4v) is 4.56. The van der Waals surface area contributed by atoms with Crippen molar-refractivity contribution in [2.24, 2.45) is 17.8 Å². The van der Waals surface area contributed by atoms with Crippen LogP contribution < -0.4 is 5.32 Å². The Balaban J connectivity index is 1.55. The topological polar surface area (TPSA) is 49.4 Å². The van der Waals surface area contributed by atoms with E-state index in [1.54, 1.807) is 11.9 Å². The van der Waals surface area contributed by atoms with Crippen molar-refractivity contribution in [1.29, 1.82) is 0 Å². The van der Waals surface area contributed by atoms with E-state index in [9.17, 15) is 9.59 Å². The minimum Gasteiger partial charge on any atom is -0.336 e. The molecule has 2 fully saturated rings. The van der Waals surface area contributed by atoms with Gasteiger partial charge in [-0.1, -0.05) is 22.4 Å². The molecule has 23 heavy (non-hydrogen) atoms. The molecular weight excluding hydrogens is 356 g/mol. The van der Waals surface area contributed by atoms with E-state index in [4.69, 9.17) is 0 Å². The van der Waals surface area contributed by atoms with Crippen molar-refractivity contribution in [2.75, 3.05) is 18.9 Å². The summed E-state index contributed by atoms with van der Waals surface area (Å²) in [6, 6.07) is 5.72. The molecule has 3 unspecified atom stereocenters. The molecule has 2 aliphatic carbocycles. The number of fused-ring (bicyclic) bond motifs is 2. The fourth-order valence-electron chi connectivity index (χ4n) is 4.08. The Kier molecular flexibility index (Phi) is 4.76. The van der Waals surface area contributed by atoms with Crippen molar-refractivity contribution in [3.05, 3.63) is 28.2 Å². The molecule has 0 spiro atoms. The van der Waals surface area contributed by atoms with Crippen LogP contribution in [0.1, 0.15) is 31.2 Å². The second-order valence-electron chi connectivity index (χ2n) is 6.98. The number of benzene rings is 1. The van der Waals surface area contributed by atoms with Crippen LogP contribution in [0, 0.1) is 24.7 Å². The first-order chi connectivity index (χ1) is 10.9. The highest BCUT2D eigenvalue weighted by molar-refractivity contribution is 9.10. The summed E-state index contributed by atoms with van der Waals surface area (Å²) in [5.41, 5.74) is 1.79. The van der Waals surface area contributed by atoms with Gasteiger partial charge >= 0.3 is 0 Å². The molecule has 4 nitrogen and oxygen atoms in total. The van der Waals surface area contributed by atoms with E-state index in [0.717, 1.165) is 28.1 Å². The van der Waals surface area contributed by atoms with E-state index in [0.29, 0.717) is 5.92 Å². The van der Waals surface area contributed by atoms with Crippen molar-refractivity contribution in [1.82, 2.24) is 4.90 Å². The van der Waals surface area contributed by atoms with Crippen LogP contribution >= 0.6 is 15.9 Å². The summed E-state index contributed by atoms with van der Waals surface area (Å²) in [7, 11) is 1.74. The Labute approximate surface area is 145 Å². The number of aryl methyl sites for hydroxylation is 1. The minimum absolute atomic E-state index is 0.113. The highest BCUT2D eigenvalue weighted by Gasteiger charge is 2.44. The van der Waals surface area contributed by atoms with Gasteiger partial charge in [-0.15, -0.1) is 0 Å². The summed E-state index contributed by atoms with van der Waals surface area (Å²) >= 11 is 3.41. The summed E-state index contributed by atoms with van der Waals surface area (Å²) in [4.78, 5) is 26.4. The van der Waals surface area contributed by atoms with Gasteiger partial charge in [0.05, 0.1) is 6.54 Å². The maximum atomic E-state index is 12.6. The van der Waals surface area contributed by atoms with Gasteiger partial charge in [-0.05, 0) is 61.8 Å². The molecule has 0 saturated heterocycles. The lowest BCUT2D eigenvalue weighted by atomic mass is 9.88. The number of nitrogens with one attached hydrogen (secondary N) is 1. The minimum atomic E-state index is -0.144. The molecule has 0 aliphatic heterocycles. The Hall–Kier alpha value is -1.36. The predicted molar refractivity (Wildman–Crippen MR) is 94.1 cm³/mol. The molecule has 0 heterocycles. The van der Waals surface area contributed by atoms with Gasteiger partial charge in [0.25, 0.3) is 0 Å². The lowest BCUT2D eigenvalue weighted by Crippen LogP contribution is -2.40. The first-order valence-electron chi connectivity index (χ1n) is 8.25. The lowest BCUT2D eigenvalue weighted by molar-refractivity contribution is -0.138. The first kappa shape index (κ1) is 16.5. The third kappa shape index (κ3) is 3.60. The van der Waals surface area contributed by atoms with Crippen LogP contribution in [0.15, 0.2) is 22.7 Å². The third-order valence-corrected chi connectivity index (χ3v) is 5.77. The van der Waals surface area contributed by atoms with Crippen LogP contribution in [0.25, 0.3) is 0 Å². The maximum absolute atomic E-state index is 12.6. The van der Waals surface area contributed by atoms with Gasteiger partial charge in [0.1, 0.15) is 0 Å². The summed E-state index contributed by atoms with van der Waals surface area (Å²) in [5.74, 6) is 1.42. The number of nitrogens with zero attached hydrogens (tertiary/aromatic N) is 1. The van der Waals surface area contributed by atoms with Gasteiger partial charge in [-0.3, -0.25) is 9.59 Å². The maximum Gasteiger partial charge on any atom is 0.243 e. The van der Waals surface area contributed by atoms with Crippen molar-refractivity contribution < 1.29 is 9.59 Å². The Morgan fingerprint density at radius 1 is 1.30 bits per heavy atom. The molecule has 2 saturated carbocycles. The molecule has 0 radical (unpaired) electrons. The van der Waals surface area contributed by atoms with Crippen LogP contribution in [0.2, 0.25) is 0 Å². The molecule has 5 heteroatoms. The second kappa shape index (κ2) is 6.63. The van der Waals surface area contributed by atoms with Crippen LogP contribution in [-0.2, 0) is 9.59 Å². The highest BCUT2D eigenvalue weighted by Crippen LogP contribution is 2.48. The Morgan fingerprint density at radius 2 is 2.09 bits per heavy atom. The van der Waals surface area contributed by atoms with Gasteiger partial charge in [-0.25, -0.2) is 0 Å². The first-order valence-corrected chi connectivity index (χ1v) is 9.04. The fraction of sp³-hybridized carbons (Fsp3) is 0.556. The van der Waals surface area contributed by atoms with E-state index in [1.165, 1.54) is 19.3 Å². The summed E-state index contributed by atoms with van der Waals surface area (Å²) in [6.07, 6.45) is 4.68. The highest BCUT2D eigenvalue weighted by atomic mass is 79.9.